The second-order valence-electron chi connectivity index (χ2n) is 21.6. The van der Waals surface area contributed by atoms with Gasteiger partial charge in [-0.05, 0) is 111 Å². The number of carbonyl (C=O) groups excluding carboxylic acids is 4. The standard InChI is InChI=1S/C49H81N3O6/c1-43(2,3)39(53)37-27-26-28-38(35-37)57-33-24-21-19-23-30-48(50-46(10,11)12,40(54)44(4,5)6)29-22-18-16-17-20-25-34-58-42(56)52-32-31-49(36-52,51-47(13,14)15)41(55)45(7,8)9/h16-17,21,24,26-28,35,50-51H,18-20,22-23,25,29-34,36H2,1-15H3/b17-16+,24-21+/t48?,49-/m0/s1. The van der Waals surface area contributed by atoms with Gasteiger partial charge in [0.15, 0.2) is 17.3 Å². The van der Waals surface area contributed by atoms with E-state index in [0.717, 1.165) is 44.9 Å². The summed E-state index contributed by atoms with van der Waals surface area (Å²) in [6.45, 7) is 31.6. The fraction of sp³-hybridized carbons (Fsp3) is 0.714. The second-order valence-corrected chi connectivity index (χ2v) is 21.6. The average Bonchev–Trinajstić information content (AvgIpc) is 3.51. The highest BCUT2D eigenvalue weighted by atomic mass is 16.6. The fourth-order valence-corrected chi connectivity index (χ4v) is 7.94. The monoisotopic (exact) mass is 808 g/mol. The molecule has 9 nitrogen and oxygen atoms in total. The second kappa shape index (κ2) is 20.8. The summed E-state index contributed by atoms with van der Waals surface area (Å²) in [4.78, 5) is 55.1. The highest BCUT2D eigenvalue weighted by Gasteiger charge is 2.51. The first-order valence-electron chi connectivity index (χ1n) is 21.7. The highest BCUT2D eigenvalue weighted by molar-refractivity contribution is 6.00. The smallest absolute Gasteiger partial charge is 0.409 e. The van der Waals surface area contributed by atoms with Crippen molar-refractivity contribution in [2.24, 2.45) is 16.2 Å². The van der Waals surface area contributed by atoms with Gasteiger partial charge in [-0.1, -0.05) is 98.8 Å². The van der Waals surface area contributed by atoms with E-state index in [9.17, 15) is 19.2 Å². The minimum atomic E-state index is -0.785. The van der Waals surface area contributed by atoms with Gasteiger partial charge in [0.05, 0.1) is 17.7 Å². The molecule has 0 aromatic heterocycles. The molecule has 1 heterocycles. The molecule has 2 atom stereocenters. The third-order valence-corrected chi connectivity index (χ3v) is 10.1. The number of hydrogen-bond acceptors (Lipinski definition) is 8. The van der Waals surface area contributed by atoms with Crippen molar-refractivity contribution in [3.63, 3.8) is 0 Å². The van der Waals surface area contributed by atoms with Crippen LogP contribution in [-0.4, -0.2) is 76.8 Å². The largest absolute Gasteiger partial charge is 0.490 e. The van der Waals surface area contributed by atoms with E-state index >= 15 is 0 Å². The number of rotatable bonds is 20. The van der Waals surface area contributed by atoms with E-state index in [-0.39, 0.29) is 34.5 Å². The molecule has 1 unspecified atom stereocenters. The van der Waals surface area contributed by atoms with Gasteiger partial charge in [-0.2, -0.15) is 0 Å². The summed E-state index contributed by atoms with van der Waals surface area (Å²) in [7, 11) is 0. The molecule has 2 N–H and O–H groups in total. The Hall–Kier alpha value is -3.30. The van der Waals surface area contributed by atoms with Crippen LogP contribution in [0, 0.1) is 16.2 Å². The summed E-state index contributed by atoms with van der Waals surface area (Å²) in [5.74, 6) is 1.12. The Balaban J connectivity index is 1.91. The first-order chi connectivity index (χ1) is 26.5. The van der Waals surface area contributed by atoms with Gasteiger partial charge in [0, 0.05) is 46.0 Å². The van der Waals surface area contributed by atoms with Gasteiger partial charge in [0.1, 0.15) is 12.4 Å². The van der Waals surface area contributed by atoms with Crippen molar-refractivity contribution >= 4 is 23.4 Å². The van der Waals surface area contributed by atoms with Crippen molar-refractivity contribution < 1.29 is 28.7 Å². The number of carbonyl (C=O) groups is 4. The van der Waals surface area contributed by atoms with Crippen molar-refractivity contribution in [3.05, 3.63) is 54.1 Å². The Morgan fingerprint density at radius 3 is 1.81 bits per heavy atom. The molecule has 1 aromatic rings. The number of amides is 1. The molecule has 328 valence electrons. The van der Waals surface area contributed by atoms with Crippen LogP contribution in [0.15, 0.2) is 48.6 Å². The summed E-state index contributed by atoms with van der Waals surface area (Å²) in [6, 6.07) is 7.36. The normalized spacial score (nSPS) is 18.2. The lowest BCUT2D eigenvalue weighted by Gasteiger charge is -2.43. The third kappa shape index (κ3) is 16.8. The van der Waals surface area contributed by atoms with E-state index < -0.39 is 27.3 Å². The summed E-state index contributed by atoms with van der Waals surface area (Å²) in [6.07, 6.45) is 15.0. The Labute approximate surface area is 352 Å². The Kier molecular flexibility index (Phi) is 18.2. The summed E-state index contributed by atoms with van der Waals surface area (Å²) < 4.78 is 11.6. The third-order valence-electron chi connectivity index (χ3n) is 10.1. The maximum Gasteiger partial charge on any atom is 0.409 e. The molecule has 0 bridgehead atoms. The molecular formula is C49H81N3O6. The van der Waals surface area contributed by atoms with Crippen LogP contribution in [0.1, 0.15) is 172 Å². The van der Waals surface area contributed by atoms with Crippen LogP contribution in [-0.2, 0) is 14.3 Å². The van der Waals surface area contributed by atoms with Crippen molar-refractivity contribution in [2.75, 3.05) is 26.3 Å². The van der Waals surface area contributed by atoms with Crippen LogP contribution < -0.4 is 15.4 Å². The zero-order chi connectivity index (χ0) is 44.2. The molecular weight excluding hydrogens is 727 g/mol. The first-order valence-corrected chi connectivity index (χ1v) is 21.7. The van der Waals surface area contributed by atoms with Gasteiger partial charge in [-0.15, -0.1) is 0 Å². The first kappa shape index (κ1) is 50.8. The summed E-state index contributed by atoms with van der Waals surface area (Å²) >= 11 is 0. The predicted molar refractivity (Wildman–Crippen MR) is 239 cm³/mol. The Bertz CT molecular complexity index is 1580. The van der Waals surface area contributed by atoms with Crippen LogP contribution >= 0.6 is 0 Å². The van der Waals surface area contributed by atoms with E-state index in [2.05, 4.69) is 49.6 Å². The summed E-state index contributed by atoms with van der Waals surface area (Å²) in [5.41, 5.74) is -2.80. The SMILES string of the molecule is CC(C)(C)NC(CCC/C=C/CCCOC(=O)N1CC[C@@](NC(C)(C)C)(C(=O)C(C)(C)C)C1)(CCC/C=C/COc1cccc(C(=O)C(C)(C)C)c1)C(=O)C(C)(C)C. The molecule has 1 amide bonds. The predicted octanol–water partition coefficient (Wildman–Crippen LogP) is 10.9. The van der Waals surface area contributed by atoms with E-state index in [4.69, 9.17) is 9.47 Å². The fourth-order valence-electron chi connectivity index (χ4n) is 7.94. The zero-order valence-corrected chi connectivity index (χ0v) is 39.2. The van der Waals surface area contributed by atoms with Gasteiger partial charge < -0.3 is 19.7 Å². The maximum absolute atomic E-state index is 14.2. The molecule has 1 saturated heterocycles. The molecule has 9 heteroatoms. The Morgan fingerprint density at radius 1 is 0.724 bits per heavy atom. The maximum atomic E-state index is 14.2. The van der Waals surface area contributed by atoms with E-state index in [1.165, 1.54) is 0 Å². The lowest BCUT2D eigenvalue weighted by atomic mass is 9.72. The lowest BCUT2D eigenvalue weighted by molar-refractivity contribution is -0.135. The number of ketones is 3. The number of ether oxygens (including phenoxy) is 2. The van der Waals surface area contributed by atoms with E-state index in [1.54, 1.807) is 4.90 Å². The van der Waals surface area contributed by atoms with E-state index in [1.807, 2.05) is 113 Å². The number of nitrogens with zero attached hydrogens (tertiary/aromatic N) is 1. The molecule has 58 heavy (non-hydrogen) atoms. The number of nitrogens with one attached hydrogen (secondary N) is 2. The van der Waals surface area contributed by atoms with Crippen molar-refractivity contribution in [3.8, 4) is 5.75 Å². The minimum absolute atomic E-state index is 0.0869. The summed E-state index contributed by atoms with van der Waals surface area (Å²) in [5, 5.41) is 7.32. The van der Waals surface area contributed by atoms with Crippen LogP contribution in [0.25, 0.3) is 0 Å². The quantitative estimate of drug-likeness (QED) is 0.0760. The number of Topliss-reactive ketones (excluding diaryl/α,β-unsaturated/α-hetero) is 3. The molecule has 1 aliphatic heterocycles. The van der Waals surface area contributed by atoms with Gasteiger partial charge >= 0.3 is 6.09 Å². The number of allylic oxidation sites excluding steroid dienone is 3. The van der Waals surface area contributed by atoms with Gasteiger partial charge in [-0.25, -0.2) is 4.79 Å². The molecule has 0 radical (unpaired) electrons. The highest BCUT2D eigenvalue weighted by Crippen LogP contribution is 2.35. The molecule has 1 aromatic carbocycles. The number of unbranched alkanes of at least 4 members (excludes halogenated alkanes) is 3. The van der Waals surface area contributed by atoms with Crippen LogP contribution in [0.3, 0.4) is 0 Å². The molecule has 2 rings (SSSR count). The van der Waals surface area contributed by atoms with Gasteiger partial charge in [0.2, 0.25) is 0 Å². The molecule has 1 fully saturated rings. The minimum Gasteiger partial charge on any atom is -0.490 e. The van der Waals surface area contributed by atoms with Crippen LogP contribution in [0.5, 0.6) is 5.75 Å². The van der Waals surface area contributed by atoms with Crippen LogP contribution in [0.2, 0.25) is 0 Å². The van der Waals surface area contributed by atoms with Gasteiger partial charge in [-0.3, -0.25) is 19.7 Å². The van der Waals surface area contributed by atoms with Crippen LogP contribution in [0.4, 0.5) is 4.79 Å². The zero-order valence-electron chi connectivity index (χ0n) is 39.2. The van der Waals surface area contributed by atoms with Crippen molar-refractivity contribution in [2.45, 2.75) is 184 Å². The lowest BCUT2D eigenvalue weighted by Crippen LogP contribution is -2.63. The number of likely N-dealkylation sites (tertiary alicyclic amines) is 1. The van der Waals surface area contributed by atoms with Crippen molar-refractivity contribution in [1.82, 2.24) is 15.5 Å². The molecule has 0 saturated carbocycles. The molecule has 0 aliphatic carbocycles. The van der Waals surface area contributed by atoms with Crippen molar-refractivity contribution in [1.29, 1.82) is 0 Å². The van der Waals surface area contributed by atoms with E-state index in [0.29, 0.717) is 50.5 Å². The Morgan fingerprint density at radius 2 is 1.29 bits per heavy atom. The topological polar surface area (TPSA) is 114 Å². The number of hydrogen-bond donors (Lipinski definition) is 2. The molecule has 1 aliphatic rings. The molecule has 0 spiro atoms. The number of benzene rings is 1. The average molecular weight is 808 g/mol. The van der Waals surface area contributed by atoms with Gasteiger partial charge in [0.25, 0.3) is 0 Å².